The van der Waals surface area contributed by atoms with Crippen molar-refractivity contribution in [3.63, 3.8) is 0 Å². The highest BCUT2D eigenvalue weighted by Gasteiger charge is 2.20. The van der Waals surface area contributed by atoms with Gasteiger partial charge in [-0.05, 0) is 19.9 Å². The van der Waals surface area contributed by atoms with Crippen molar-refractivity contribution in [1.29, 1.82) is 0 Å². The molecule has 9 nitrogen and oxygen atoms in total. The molecule has 2 rings (SSSR count). The number of anilines is 2. The maximum absolute atomic E-state index is 11.9. The molecule has 0 saturated carbocycles. The van der Waals surface area contributed by atoms with Crippen LogP contribution in [0.5, 0.6) is 0 Å². The number of esters is 1. The molecule has 0 saturated heterocycles. The second-order valence-corrected chi connectivity index (χ2v) is 4.85. The zero-order valence-corrected chi connectivity index (χ0v) is 13.0. The van der Waals surface area contributed by atoms with Crippen LogP contribution in [0.15, 0.2) is 29.0 Å². The van der Waals surface area contributed by atoms with E-state index in [-0.39, 0.29) is 12.4 Å². The lowest BCUT2D eigenvalue weighted by molar-refractivity contribution is -0.151. The Morgan fingerprint density at radius 2 is 2.09 bits per heavy atom. The molecular weight excluding hydrogens is 302 g/mol. The number of carbonyl (C=O) groups excluding carboxylic acids is 2. The van der Waals surface area contributed by atoms with Crippen LogP contribution < -0.4 is 10.2 Å². The van der Waals surface area contributed by atoms with E-state index in [0.717, 1.165) is 0 Å². The molecule has 0 aliphatic heterocycles. The lowest BCUT2D eigenvalue weighted by Crippen LogP contribution is -2.35. The van der Waals surface area contributed by atoms with E-state index >= 15 is 0 Å². The first-order valence-electron chi connectivity index (χ1n) is 6.87. The molecule has 0 bridgehead atoms. The van der Waals surface area contributed by atoms with E-state index in [1.165, 1.54) is 11.8 Å². The monoisotopic (exact) mass is 319 g/mol. The molecular formula is C14H17N5O4. The molecule has 2 aromatic heterocycles. The van der Waals surface area contributed by atoms with Crippen LogP contribution in [0.2, 0.25) is 0 Å². The molecule has 1 atom stereocenters. The van der Waals surface area contributed by atoms with Gasteiger partial charge < -0.3 is 19.5 Å². The fraction of sp³-hybridized carbons (Fsp3) is 0.357. The van der Waals surface area contributed by atoms with Gasteiger partial charge in [0.2, 0.25) is 5.95 Å². The zero-order valence-electron chi connectivity index (χ0n) is 13.0. The normalized spacial score (nSPS) is 11.6. The minimum absolute atomic E-state index is 0.0787. The van der Waals surface area contributed by atoms with Gasteiger partial charge in [0.05, 0.1) is 0 Å². The van der Waals surface area contributed by atoms with Crippen molar-refractivity contribution in [2.75, 3.05) is 23.8 Å². The molecule has 2 heterocycles. The SMILES string of the molecule is Cc1cc(NC(=O)[C@H](C)OC(=O)CN(C)c2ncccn2)no1. The summed E-state index contributed by atoms with van der Waals surface area (Å²) in [5, 5.41) is 6.13. The van der Waals surface area contributed by atoms with Gasteiger partial charge in [0.1, 0.15) is 12.3 Å². The lowest BCUT2D eigenvalue weighted by Gasteiger charge is -2.17. The highest BCUT2D eigenvalue weighted by atomic mass is 16.5. The van der Waals surface area contributed by atoms with Crippen LogP contribution in [0.25, 0.3) is 0 Å². The van der Waals surface area contributed by atoms with Gasteiger partial charge in [-0.1, -0.05) is 5.16 Å². The standard InChI is InChI=1S/C14H17N5O4/c1-9-7-11(18-23-9)17-13(21)10(2)22-12(20)8-19(3)14-15-5-4-6-16-14/h4-7,10H,8H2,1-3H3,(H,17,18,21)/t10-/m0/s1. The van der Waals surface area contributed by atoms with Crippen LogP contribution in [-0.2, 0) is 14.3 Å². The van der Waals surface area contributed by atoms with Crippen LogP contribution in [0, 0.1) is 6.92 Å². The molecule has 1 N–H and O–H groups in total. The minimum Gasteiger partial charge on any atom is -0.451 e. The predicted molar refractivity (Wildman–Crippen MR) is 80.7 cm³/mol. The van der Waals surface area contributed by atoms with Gasteiger partial charge in [0, 0.05) is 25.5 Å². The van der Waals surface area contributed by atoms with Crippen molar-refractivity contribution in [2.24, 2.45) is 0 Å². The van der Waals surface area contributed by atoms with Gasteiger partial charge in [-0.25, -0.2) is 9.97 Å². The third-order valence-electron chi connectivity index (χ3n) is 2.82. The number of aromatic nitrogens is 3. The average Bonchev–Trinajstić information content (AvgIpc) is 2.93. The molecule has 0 aliphatic rings. The maximum Gasteiger partial charge on any atom is 0.326 e. The maximum atomic E-state index is 11.9. The summed E-state index contributed by atoms with van der Waals surface area (Å²) in [5.74, 6) is 0.156. The van der Waals surface area contributed by atoms with Crippen molar-refractivity contribution in [2.45, 2.75) is 20.0 Å². The molecule has 0 radical (unpaired) electrons. The summed E-state index contributed by atoms with van der Waals surface area (Å²) in [6.07, 6.45) is 2.17. The molecule has 0 aliphatic carbocycles. The minimum atomic E-state index is -0.968. The van der Waals surface area contributed by atoms with Crippen molar-refractivity contribution >= 4 is 23.6 Å². The molecule has 2 aromatic rings. The Balaban J connectivity index is 1.83. The summed E-state index contributed by atoms with van der Waals surface area (Å²) < 4.78 is 9.91. The number of carbonyl (C=O) groups is 2. The van der Waals surface area contributed by atoms with Crippen LogP contribution >= 0.6 is 0 Å². The first-order valence-corrected chi connectivity index (χ1v) is 6.87. The molecule has 0 spiro atoms. The third kappa shape index (κ3) is 4.77. The fourth-order valence-corrected chi connectivity index (χ4v) is 1.69. The Bertz CT molecular complexity index is 673. The zero-order chi connectivity index (χ0) is 16.8. The Hall–Kier alpha value is -2.97. The number of ether oxygens (including phenoxy) is 1. The number of hydrogen-bond donors (Lipinski definition) is 1. The van der Waals surface area contributed by atoms with E-state index in [4.69, 9.17) is 9.26 Å². The van der Waals surface area contributed by atoms with E-state index in [1.54, 1.807) is 38.5 Å². The van der Waals surface area contributed by atoms with Crippen LogP contribution in [0.1, 0.15) is 12.7 Å². The Morgan fingerprint density at radius 3 is 2.70 bits per heavy atom. The quantitative estimate of drug-likeness (QED) is 0.778. The Kier molecular flexibility index (Phi) is 5.23. The van der Waals surface area contributed by atoms with Gasteiger partial charge in [0.15, 0.2) is 11.9 Å². The van der Waals surface area contributed by atoms with Gasteiger partial charge in [0.25, 0.3) is 5.91 Å². The molecule has 0 fully saturated rings. The Morgan fingerprint density at radius 1 is 1.39 bits per heavy atom. The van der Waals surface area contributed by atoms with E-state index in [2.05, 4.69) is 20.4 Å². The topological polar surface area (TPSA) is 110 Å². The summed E-state index contributed by atoms with van der Waals surface area (Å²) >= 11 is 0. The van der Waals surface area contributed by atoms with Gasteiger partial charge in [-0.3, -0.25) is 9.59 Å². The van der Waals surface area contributed by atoms with E-state index in [0.29, 0.717) is 11.7 Å². The predicted octanol–water partition coefficient (Wildman–Crippen LogP) is 0.780. The summed E-state index contributed by atoms with van der Waals surface area (Å²) in [6, 6.07) is 3.24. The highest BCUT2D eigenvalue weighted by Crippen LogP contribution is 2.08. The van der Waals surface area contributed by atoms with Crippen molar-refractivity contribution in [1.82, 2.24) is 15.1 Å². The van der Waals surface area contributed by atoms with Crippen molar-refractivity contribution in [3.05, 3.63) is 30.3 Å². The molecule has 9 heteroatoms. The summed E-state index contributed by atoms with van der Waals surface area (Å²) in [5.41, 5.74) is 0. The van der Waals surface area contributed by atoms with Crippen LogP contribution in [0.3, 0.4) is 0 Å². The van der Waals surface area contributed by atoms with Gasteiger partial charge in [-0.2, -0.15) is 0 Å². The number of aryl methyl sites for hydroxylation is 1. The van der Waals surface area contributed by atoms with E-state index in [9.17, 15) is 9.59 Å². The second kappa shape index (κ2) is 7.34. The smallest absolute Gasteiger partial charge is 0.326 e. The first kappa shape index (κ1) is 16.4. The number of amides is 1. The highest BCUT2D eigenvalue weighted by molar-refractivity contribution is 5.94. The first-order chi connectivity index (χ1) is 11.0. The summed E-state index contributed by atoms with van der Waals surface area (Å²) in [7, 11) is 1.65. The average molecular weight is 319 g/mol. The molecule has 1 amide bonds. The molecule has 122 valence electrons. The largest absolute Gasteiger partial charge is 0.451 e. The third-order valence-corrected chi connectivity index (χ3v) is 2.82. The number of nitrogens with one attached hydrogen (secondary N) is 1. The lowest BCUT2D eigenvalue weighted by atomic mass is 10.3. The number of likely N-dealkylation sites (N-methyl/N-ethyl adjacent to an activating group) is 1. The molecule has 0 unspecified atom stereocenters. The fourth-order valence-electron chi connectivity index (χ4n) is 1.69. The molecule has 0 aromatic carbocycles. The van der Waals surface area contributed by atoms with E-state index in [1.807, 2.05) is 0 Å². The summed E-state index contributed by atoms with van der Waals surface area (Å²) in [6.45, 7) is 3.09. The van der Waals surface area contributed by atoms with Crippen LogP contribution in [-0.4, -0.2) is 46.7 Å². The van der Waals surface area contributed by atoms with Crippen molar-refractivity contribution < 1.29 is 18.8 Å². The summed E-state index contributed by atoms with van der Waals surface area (Å²) in [4.78, 5) is 33.3. The number of rotatable bonds is 6. The van der Waals surface area contributed by atoms with Crippen LogP contribution in [0.4, 0.5) is 11.8 Å². The second-order valence-electron chi connectivity index (χ2n) is 4.85. The van der Waals surface area contributed by atoms with Crippen molar-refractivity contribution in [3.8, 4) is 0 Å². The van der Waals surface area contributed by atoms with E-state index < -0.39 is 18.0 Å². The van der Waals surface area contributed by atoms with Gasteiger partial charge >= 0.3 is 5.97 Å². The number of hydrogen-bond acceptors (Lipinski definition) is 8. The number of nitrogens with zero attached hydrogens (tertiary/aromatic N) is 4. The molecule has 23 heavy (non-hydrogen) atoms. The van der Waals surface area contributed by atoms with Gasteiger partial charge in [-0.15, -0.1) is 0 Å². The Labute approximate surface area is 132 Å².